The van der Waals surface area contributed by atoms with E-state index >= 15 is 0 Å². The molecule has 0 saturated carbocycles. The smallest absolute Gasteiger partial charge is 0.311 e. The highest BCUT2D eigenvalue weighted by molar-refractivity contribution is 5.76. The molecule has 2 aliphatic rings. The van der Waals surface area contributed by atoms with Crippen LogP contribution in [0.3, 0.4) is 0 Å². The minimum absolute atomic E-state index is 0.0407. The molecule has 0 amide bonds. The Balaban J connectivity index is 1.92. The predicted octanol–water partition coefficient (Wildman–Crippen LogP) is 1.33. The monoisotopic (exact) mass is 300 g/mol. The van der Waals surface area contributed by atoms with Crippen molar-refractivity contribution < 1.29 is 9.90 Å². The third kappa shape index (κ3) is 2.22. The van der Waals surface area contributed by atoms with E-state index in [1.54, 1.807) is 18.3 Å². The van der Waals surface area contributed by atoms with E-state index in [0.29, 0.717) is 30.9 Å². The summed E-state index contributed by atoms with van der Waals surface area (Å²) in [6.07, 6.45) is 3.93. The Morgan fingerprint density at radius 3 is 3.05 bits per heavy atom. The van der Waals surface area contributed by atoms with Crippen molar-refractivity contribution in [3.05, 3.63) is 23.9 Å². The molecule has 0 radical (unpaired) electrons. The van der Waals surface area contributed by atoms with E-state index in [1.807, 2.05) is 7.05 Å². The van der Waals surface area contributed by atoms with Crippen LogP contribution in [0.5, 0.6) is 0 Å². The Morgan fingerprint density at radius 2 is 2.32 bits per heavy atom. The average Bonchev–Trinajstić information content (AvgIpc) is 2.54. The van der Waals surface area contributed by atoms with Crippen LogP contribution >= 0.6 is 0 Å². The number of hydrogen-bond donors (Lipinski definition) is 1. The topological polar surface area (TPSA) is 80.5 Å². The number of carboxylic acid groups (broad SMARTS) is 1. The Morgan fingerprint density at radius 1 is 1.50 bits per heavy atom. The van der Waals surface area contributed by atoms with Gasteiger partial charge in [0.25, 0.3) is 0 Å². The second kappa shape index (κ2) is 5.58. The fourth-order valence-electron chi connectivity index (χ4n) is 3.91. The van der Waals surface area contributed by atoms with Gasteiger partial charge in [0.15, 0.2) is 0 Å². The standard InChI is InChI=1S/C16H20N4O2/c1-19-8-3-5-16(15(21)22)6-9-20(11-13(16)19)14-12(10-17)4-2-7-18-14/h2,4,7,13H,3,5-6,8-9,11H2,1H3,(H,21,22)/t13-,16+/m1/s1. The van der Waals surface area contributed by atoms with Gasteiger partial charge in [0, 0.05) is 25.3 Å². The van der Waals surface area contributed by atoms with Gasteiger partial charge in [-0.05, 0) is 45.0 Å². The number of piperidine rings is 2. The largest absolute Gasteiger partial charge is 0.481 e. The van der Waals surface area contributed by atoms with E-state index in [4.69, 9.17) is 0 Å². The van der Waals surface area contributed by atoms with Gasteiger partial charge < -0.3 is 14.9 Å². The molecule has 0 unspecified atom stereocenters. The molecule has 1 aromatic heterocycles. The van der Waals surface area contributed by atoms with Crippen LogP contribution in [0.1, 0.15) is 24.8 Å². The number of likely N-dealkylation sites (tertiary alicyclic amines) is 1. The van der Waals surface area contributed by atoms with E-state index in [9.17, 15) is 15.2 Å². The first kappa shape index (κ1) is 14.8. The molecule has 0 aliphatic carbocycles. The van der Waals surface area contributed by atoms with Crippen molar-refractivity contribution >= 4 is 11.8 Å². The Kier molecular flexibility index (Phi) is 3.75. The van der Waals surface area contributed by atoms with E-state index in [-0.39, 0.29) is 6.04 Å². The number of fused-ring (bicyclic) bond motifs is 1. The summed E-state index contributed by atoms with van der Waals surface area (Å²) in [6.45, 7) is 2.15. The zero-order chi connectivity index (χ0) is 15.7. The molecule has 3 rings (SSSR count). The van der Waals surface area contributed by atoms with Gasteiger partial charge in [0.2, 0.25) is 0 Å². The molecular weight excluding hydrogens is 280 g/mol. The lowest BCUT2D eigenvalue weighted by atomic mass is 9.68. The summed E-state index contributed by atoms with van der Waals surface area (Å²) in [5.41, 5.74) is -0.116. The van der Waals surface area contributed by atoms with Crippen LogP contribution < -0.4 is 4.90 Å². The van der Waals surface area contributed by atoms with E-state index in [0.717, 1.165) is 19.4 Å². The zero-order valence-electron chi connectivity index (χ0n) is 12.7. The zero-order valence-corrected chi connectivity index (χ0v) is 12.7. The van der Waals surface area contributed by atoms with Gasteiger partial charge in [-0.2, -0.15) is 5.26 Å². The number of aromatic nitrogens is 1. The molecular formula is C16H20N4O2. The number of nitrogens with zero attached hydrogens (tertiary/aromatic N) is 4. The molecule has 0 bridgehead atoms. The summed E-state index contributed by atoms with van der Waals surface area (Å²) in [4.78, 5) is 20.5. The number of pyridine rings is 1. The molecule has 2 atom stereocenters. The quantitative estimate of drug-likeness (QED) is 0.887. The minimum Gasteiger partial charge on any atom is -0.481 e. The highest BCUT2D eigenvalue weighted by Gasteiger charge is 2.52. The minimum atomic E-state index is -0.690. The number of hydrogen-bond acceptors (Lipinski definition) is 5. The van der Waals surface area contributed by atoms with E-state index < -0.39 is 11.4 Å². The Hall–Kier alpha value is -2.13. The second-order valence-electron chi connectivity index (χ2n) is 6.24. The van der Waals surface area contributed by atoms with Crippen molar-refractivity contribution in [2.24, 2.45) is 5.41 Å². The van der Waals surface area contributed by atoms with Crippen LogP contribution in [0.25, 0.3) is 0 Å². The molecule has 0 aromatic carbocycles. The number of nitriles is 1. The molecule has 1 N–H and O–H groups in total. The number of carboxylic acids is 1. The van der Waals surface area contributed by atoms with Gasteiger partial charge >= 0.3 is 5.97 Å². The van der Waals surface area contributed by atoms with Gasteiger partial charge in [0.1, 0.15) is 11.9 Å². The SMILES string of the molecule is CN1CCC[C@]2(C(=O)O)CCN(c3ncccc3C#N)C[C@@H]12. The van der Waals surface area contributed by atoms with E-state index in [2.05, 4.69) is 20.9 Å². The number of anilines is 1. The molecule has 2 aliphatic heterocycles. The van der Waals surface area contributed by atoms with Crippen LogP contribution in [0.2, 0.25) is 0 Å². The van der Waals surface area contributed by atoms with E-state index in [1.165, 1.54) is 0 Å². The summed E-state index contributed by atoms with van der Waals surface area (Å²) >= 11 is 0. The van der Waals surface area contributed by atoms with Gasteiger partial charge in [0.05, 0.1) is 11.0 Å². The summed E-state index contributed by atoms with van der Waals surface area (Å²) in [5.74, 6) is -0.0202. The highest BCUT2D eigenvalue weighted by Crippen LogP contribution is 2.43. The molecule has 6 heteroatoms. The first-order chi connectivity index (χ1) is 10.6. The lowest BCUT2D eigenvalue weighted by Gasteiger charge is -2.52. The molecule has 6 nitrogen and oxygen atoms in total. The van der Waals surface area contributed by atoms with Crippen molar-refractivity contribution in [2.75, 3.05) is 31.6 Å². The molecule has 116 valence electrons. The molecule has 0 spiro atoms. The maximum absolute atomic E-state index is 11.9. The predicted molar refractivity (Wildman–Crippen MR) is 81.5 cm³/mol. The average molecular weight is 300 g/mol. The molecule has 22 heavy (non-hydrogen) atoms. The maximum atomic E-state index is 11.9. The van der Waals surface area contributed by atoms with Crippen LogP contribution in [-0.4, -0.2) is 53.7 Å². The van der Waals surface area contributed by atoms with Crippen LogP contribution in [0, 0.1) is 16.7 Å². The van der Waals surface area contributed by atoms with Gasteiger partial charge in [-0.3, -0.25) is 4.79 Å². The summed E-state index contributed by atoms with van der Waals surface area (Å²) in [5, 5.41) is 19.0. The fraction of sp³-hybridized carbons (Fsp3) is 0.562. The summed E-state index contributed by atoms with van der Waals surface area (Å²) < 4.78 is 0. The highest BCUT2D eigenvalue weighted by atomic mass is 16.4. The number of carbonyl (C=O) groups is 1. The van der Waals surface area contributed by atoms with Crippen molar-refractivity contribution in [1.82, 2.24) is 9.88 Å². The van der Waals surface area contributed by atoms with Gasteiger partial charge in [-0.15, -0.1) is 0 Å². The fourth-order valence-corrected chi connectivity index (χ4v) is 3.91. The first-order valence-electron chi connectivity index (χ1n) is 7.62. The lowest BCUT2D eigenvalue weighted by molar-refractivity contribution is -0.158. The lowest BCUT2D eigenvalue weighted by Crippen LogP contribution is -2.63. The third-order valence-corrected chi connectivity index (χ3v) is 5.16. The third-order valence-electron chi connectivity index (χ3n) is 5.16. The summed E-state index contributed by atoms with van der Waals surface area (Å²) in [6, 6.07) is 5.64. The van der Waals surface area contributed by atoms with Crippen molar-refractivity contribution in [3.63, 3.8) is 0 Å². The van der Waals surface area contributed by atoms with Gasteiger partial charge in [-0.1, -0.05) is 0 Å². The maximum Gasteiger partial charge on any atom is 0.311 e. The number of rotatable bonds is 2. The van der Waals surface area contributed by atoms with Crippen molar-refractivity contribution in [3.8, 4) is 6.07 Å². The number of aliphatic carboxylic acids is 1. The normalized spacial score (nSPS) is 28.7. The molecule has 2 saturated heterocycles. The van der Waals surface area contributed by atoms with Crippen molar-refractivity contribution in [2.45, 2.75) is 25.3 Å². The van der Waals surface area contributed by atoms with Crippen LogP contribution in [0.15, 0.2) is 18.3 Å². The number of likely N-dealkylation sites (N-methyl/N-ethyl adjacent to an activating group) is 1. The van der Waals surface area contributed by atoms with Crippen LogP contribution in [-0.2, 0) is 4.79 Å². The molecule has 3 heterocycles. The van der Waals surface area contributed by atoms with Crippen molar-refractivity contribution in [1.29, 1.82) is 5.26 Å². The Bertz CT molecular complexity index is 627. The summed E-state index contributed by atoms with van der Waals surface area (Å²) in [7, 11) is 1.99. The van der Waals surface area contributed by atoms with Crippen LogP contribution in [0.4, 0.5) is 5.82 Å². The molecule has 1 aromatic rings. The van der Waals surface area contributed by atoms with Gasteiger partial charge in [-0.25, -0.2) is 4.98 Å². The second-order valence-corrected chi connectivity index (χ2v) is 6.24. The first-order valence-corrected chi connectivity index (χ1v) is 7.62. The Labute approximate surface area is 130 Å². The molecule has 2 fully saturated rings.